The molecule has 0 atom stereocenters. The normalized spacial score (nSPS) is 13.7. The Morgan fingerprint density at radius 1 is 1.00 bits per heavy atom. The van der Waals surface area contributed by atoms with Gasteiger partial charge < -0.3 is 9.55 Å². The molecule has 0 radical (unpaired) electrons. The second kappa shape index (κ2) is 7.57. The van der Waals surface area contributed by atoms with Crippen molar-refractivity contribution in [2.24, 2.45) is 7.05 Å². The number of nitrogens with zero attached hydrogens (tertiary/aromatic N) is 2. The van der Waals surface area contributed by atoms with E-state index in [0.29, 0.717) is 38.8 Å². The summed E-state index contributed by atoms with van der Waals surface area (Å²) >= 11 is 0. The van der Waals surface area contributed by atoms with E-state index >= 15 is 0 Å². The van der Waals surface area contributed by atoms with Gasteiger partial charge in [-0.3, -0.25) is 9.10 Å². The number of sulfonamides is 1. The molecular formula is C24H23N3O5S2. The van der Waals surface area contributed by atoms with Gasteiger partial charge in [-0.25, -0.2) is 16.8 Å². The van der Waals surface area contributed by atoms with Gasteiger partial charge in [0, 0.05) is 42.2 Å². The lowest BCUT2D eigenvalue weighted by Crippen LogP contribution is -2.30. The van der Waals surface area contributed by atoms with E-state index in [1.165, 1.54) is 8.87 Å². The molecule has 3 heterocycles. The summed E-state index contributed by atoms with van der Waals surface area (Å²) in [6.07, 6.45) is 4.49. The third-order valence-electron chi connectivity index (χ3n) is 6.06. The number of benzene rings is 2. The van der Waals surface area contributed by atoms with Gasteiger partial charge in [0.1, 0.15) is 5.52 Å². The van der Waals surface area contributed by atoms with Gasteiger partial charge in [0.05, 0.1) is 22.9 Å². The summed E-state index contributed by atoms with van der Waals surface area (Å²) in [5.41, 5.74) is 3.94. The Labute approximate surface area is 197 Å². The highest BCUT2D eigenvalue weighted by molar-refractivity contribution is 7.92. The van der Waals surface area contributed by atoms with Gasteiger partial charge in [0.15, 0.2) is 9.84 Å². The lowest BCUT2D eigenvalue weighted by atomic mass is 9.99. The number of aryl methyl sites for hydroxylation is 2. The van der Waals surface area contributed by atoms with Crippen molar-refractivity contribution in [2.75, 3.05) is 10.6 Å². The average Bonchev–Trinajstić information content (AvgIpc) is 3.12. The minimum atomic E-state index is -3.96. The van der Waals surface area contributed by atoms with E-state index in [-0.39, 0.29) is 22.8 Å². The van der Waals surface area contributed by atoms with Gasteiger partial charge in [0.2, 0.25) is 0 Å². The van der Waals surface area contributed by atoms with E-state index in [0.717, 1.165) is 11.8 Å². The zero-order chi connectivity index (χ0) is 24.4. The Balaban J connectivity index is 1.82. The third kappa shape index (κ3) is 3.63. The molecule has 0 fully saturated rings. The largest absolute Gasteiger partial charge is 0.356 e. The first-order chi connectivity index (χ1) is 16.0. The van der Waals surface area contributed by atoms with Crippen molar-refractivity contribution in [3.8, 4) is 11.1 Å². The Bertz CT molecular complexity index is 1730. The molecule has 1 N–H and O–H groups in total. The predicted molar refractivity (Wildman–Crippen MR) is 132 cm³/mol. The molecule has 1 aliphatic heterocycles. The number of sulfone groups is 1. The van der Waals surface area contributed by atoms with E-state index in [4.69, 9.17) is 0 Å². The van der Waals surface area contributed by atoms with Crippen LogP contribution in [-0.2, 0) is 39.2 Å². The van der Waals surface area contributed by atoms with Crippen molar-refractivity contribution in [3.05, 3.63) is 81.9 Å². The summed E-state index contributed by atoms with van der Waals surface area (Å²) in [4.78, 5) is 15.9. The van der Waals surface area contributed by atoms with E-state index in [2.05, 4.69) is 4.98 Å². The molecule has 5 rings (SSSR count). The molecule has 8 nitrogen and oxygen atoms in total. The lowest BCUT2D eigenvalue weighted by molar-refractivity contribution is 0.590. The molecule has 0 saturated carbocycles. The maximum atomic E-state index is 13.8. The fourth-order valence-electron chi connectivity index (χ4n) is 4.46. The number of anilines is 1. The smallest absolute Gasteiger partial charge is 0.274 e. The summed E-state index contributed by atoms with van der Waals surface area (Å²) in [6, 6.07) is 11.6. The highest BCUT2D eigenvalue weighted by Crippen LogP contribution is 2.43. The van der Waals surface area contributed by atoms with Crippen LogP contribution in [0.15, 0.2) is 64.5 Å². The topological polar surface area (TPSA) is 109 Å². The van der Waals surface area contributed by atoms with Crippen molar-refractivity contribution >= 4 is 36.5 Å². The first kappa shape index (κ1) is 22.4. The van der Waals surface area contributed by atoms with Crippen LogP contribution in [0, 0.1) is 6.92 Å². The van der Waals surface area contributed by atoms with Crippen molar-refractivity contribution < 1.29 is 16.8 Å². The highest BCUT2D eigenvalue weighted by atomic mass is 32.2. The molecule has 0 spiro atoms. The van der Waals surface area contributed by atoms with Crippen LogP contribution in [0.2, 0.25) is 0 Å². The molecule has 0 amide bonds. The number of hydrogen-bond donors (Lipinski definition) is 1. The maximum absolute atomic E-state index is 13.8. The molecule has 2 aromatic carbocycles. The quantitative estimate of drug-likeness (QED) is 0.466. The fourth-order valence-corrected chi connectivity index (χ4v) is 6.71. The minimum Gasteiger partial charge on any atom is -0.356 e. The molecule has 176 valence electrons. The summed E-state index contributed by atoms with van der Waals surface area (Å²) in [7, 11) is -5.64. The zero-order valence-electron chi connectivity index (χ0n) is 18.9. The first-order valence-electron chi connectivity index (χ1n) is 10.6. The highest BCUT2D eigenvalue weighted by Gasteiger charge is 2.32. The summed E-state index contributed by atoms with van der Waals surface area (Å²) in [6.45, 7) is 1.91. The number of H-pyrrole nitrogens is 1. The number of fused-ring (bicyclic) bond motifs is 2. The summed E-state index contributed by atoms with van der Waals surface area (Å²) < 4.78 is 54.3. The SMILES string of the molecule is Cc1ccc(S(=O)(=O)N2Cc3c[nH]c4c(=O)n(C)cc(c34)-c3cc(CS(C)(=O)=O)ccc32)cc1. The van der Waals surface area contributed by atoms with Gasteiger partial charge in [-0.1, -0.05) is 23.8 Å². The minimum absolute atomic E-state index is 0.0226. The molecule has 1 aliphatic rings. The van der Waals surface area contributed by atoms with E-state index in [9.17, 15) is 21.6 Å². The molecule has 10 heteroatoms. The van der Waals surface area contributed by atoms with Crippen molar-refractivity contribution in [1.29, 1.82) is 0 Å². The van der Waals surface area contributed by atoms with E-state index < -0.39 is 19.9 Å². The standard InChI is InChI=1S/C24H23N3O5S2/c1-15-4-7-18(8-5-15)34(31,32)27-12-17-11-25-23-22(17)20(13-26(2)24(23)28)19-10-16(6-9-21(19)27)14-33(3,29)30/h4-11,13,25H,12,14H2,1-3H3. The van der Waals surface area contributed by atoms with Gasteiger partial charge >= 0.3 is 0 Å². The van der Waals surface area contributed by atoms with E-state index in [1.807, 2.05) is 6.92 Å². The Morgan fingerprint density at radius 2 is 1.71 bits per heavy atom. The van der Waals surface area contributed by atoms with Crippen LogP contribution in [-0.4, -0.2) is 32.6 Å². The molecule has 0 saturated heterocycles. The van der Waals surface area contributed by atoms with E-state index in [1.54, 1.807) is 61.9 Å². The van der Waals surface area contributed by atoms with Crippen LogP contribution in [0.1, 0.15) is 16.7 Å². The van der Waals surface area contributed by atoms with Crippen molar-refractivity contribution in [1.82, 2.24) is 9.55 Å². The van der Waals surface area contributed by atoms with Crippen LogP contribution in [0.3, 0.4) is 0 Å². The molecule has 4 aromatic rings. The number of aromatic nitrogens is 2. The predicted octanol–water partition coefficient (Wildman–Crippen LogP) is 3.10. The molecule has 0 unspecified atom stereocenters. The van der Waals surface area contributed by atoms with Gasteiger partial charge in [-0.15, -0.1) is 0 Å². The second-order valence-corrected chi connectivity index (χ2v) is 12.8. The average molecular weight is 498 g/mol. The number of aromatic amines is 1. The number of nitrogens with one attached hydrogen (secondary N) is 1. The summed E-state index contributed by atoms with van der Waals surface area (Å²) in [5.74, 6) is -0.181. The second-order valence-electron chi connectivity index (χ2n) is 8.77. The number of hydrogen-bond acceptors (Lipinski definition) is 5. The lowest BCUT2D eigenvalue weighted by Gasteiger charge is -2.25. The molecule has 0 aliphatic carbocycles. The maximum Gasteiger partial charge on any atom is 0.274 e. The Morgan fingerprint density at radius 3 is 2.38 bits per heavy atom. The third-order valence-corrected chi connectivity index (χ3v) is 8.69. The number of pyridine rings is 1. The van der Waals surface area contributed by atoms with Gasteiger partial charge in [-0.05, 0) is 42.3 Å². The fraction of sp³-hybridized carbons (Fsp3) is 0.208. The zero-order valence-corrected chi connectivity index (χ0v) is 20.5. The first-order valence-corrected chi connectivity index (χ1v) is 14.1. The van der Waals surface area contributed by atoms with Gasteiger partial charge in [-0.2, -0.15) is 0 Å². The van der Waals surface area contributed by atoms with Crippen LogP contribution in [0.25, 0.3) is 22.0 Å². The van der Waals surface area contributed by atoms with Gasteiger partial charge in [0.25, 0.3) is 15.6 Å². The molecular weight excluding hydrogens is 474 g/mol. The Hall–Kier alpha value is -3.37. The monoisotopic (exact) mass is 497 g/mol. The molecule has 34 heavy (non-hydrogen) atoms. The Kier molecular flexibility index (Phi) is 4.99. The van der Waals surface area contributed by atoms with Crippen LogP contribution < -0.4 is 9.86 Å². The number of rotatable bonds is 4. The van der Waals surface area contributed by atoms with Crippen LogP contribution in [0.4, 0.5) is 5.69 Å². The van der Waals surface area contributed by atoms with Crippen LogP contribution >= 0.6 is 0 Å². The summed E-state index contributed by atoms with van der Waals surface area (Å²) in [5, 5.41) is 0.641. The molecule has 2 aromatic heterocycles. The molecule has 0 bridgehead atoms. The van der Waals surface area contributed by atoms with Crippen molar-refractivity contribution in [3.63, 3.8) is 0 Å². The van der Waals surface area contributed by atoms with Crippen LogP contribution in [0.5, 0.6) is 0 Å². The van der Waals surface area contributed by atoms with Crippen molar-refractivity contribution in [2.45, 2.75) is 24.1 Å².